The molecule has 0 amide bonds. The molecular weight excluding hydrogens is 523 g/mol. The highest BCUT2D eigenvalue weighted by molar-refractivity contribution is 14.0. The summed E-state index contributed by atoms with van der Waals surface area (Å²) in [6, 6.07) is 17.5. The maximum Gasteiger partial charge on any atom is 0.243 e. The van der Waals surface area contributed by atoms with Gasteiger partial charge < -0.3 is 10.6 Å². The number of rotatable bonds is 7. The normalized spacial score (nSPS) is 17.6. The second-order valence-electron chi connectivity index (χ2n) is 7.84. The fourth-order valence-corrected chi connectivity index (χ4v) is 5.27. The van der Waals surface area contributed by atoms with Crippen LogP contribution in [0.5, 0.6) is 0 Å². The van der Waals surface area contributed by atoms with E-state index < -0.39 is 10.0 Å². The van der Waals surface area contributed by atoms with Crippen LogP contribution >= 0.6 is 24.0 Å². The molecule has 1 heterocycles. The van der Waals surface area contributed by atoms with Crippen LogP contribution in [0.3, 0.4) is 0 Å². The van der Waals surface area contributed by atoms with Crippen LogP contribution in [-0.2, 0) is 23.0 Å². The van der Waals surface area contributed by atoms with E-state index in [9.17, 15) is 8.42 Å². The third-order valence-corrected chi connectivity index (χ3v) is 7.29. The molecule has 0 spiro atoms. The summed E-state index contributed by atoms with van der Waals surface area (Å²) in [7, 11) is -1.67. The molecule has 2 aromatic rings. The predicted octanol–water partition coefficient (Wildman–Crippen LogP) is 3.63. The third kappa shape index (κ3) is 7.47. The smallest absolute Gasteiger partial charge is 0.243 e. The second kappa shape index (κ2) is 12.4. The Balaban J connectivity index is 0.00000341. The molecule has 31 heavy (non-hydrogen) atoms. The SMILES string of the molecule is CN=C(NCCc1ccccc1)NCc1ccc(S(=O)(=O)N2CCCC(C)C2)cc1.I. The molecule has 0 aliphatic carbocycles. The maximum absolute atomic E-state index is 12.9. The zero-order chi connectivity index (χ0) is 21.4. The van der Waals surface area contributed by atoms with Gasteiger partial charge in [0.2, 0.25) is 10.0 Å². The van der Waals surface area contributed by atoms with Gasteiger partial charge in [-0.25, -0.2) is 8.42 Å². The van der Waals surface area contributed by atoms with Crippen LogP contribution < -0.4 is 10.6 Å². The highest BCUT2D eigenvalue weighted by atomic mass is 127. The maximum atomic E-state index is 12.9. The Bertz CT molecular complexity index is 934. The zero-order valence-electron chi connectivity index (χ0n) is 18.3. The van der Waals surface area contributed by atoms with Crippen molar-refractivity contribution in [3.8, 4) is 0 Å². The average molecular weight is 557 g/mol. The van der Waals surface area contributed by atoms with E-state index >= 15 is 0 Å². The van der Waals surface area contributed by atoms with Gasteiger partial charge in [0.15, 0.2) is 5.96 Å². The lowest BCUT2D eigenvalue weighted by Gasteiger charge is -2.30. The predicted molar refractivity (Wildman–Crippen MR) is 137 cm³/mol. The van der Waals surface area contributed by atoms with Crippen molar-refractivity contribution in [3.63, 3.8) is 0 Å². The van der Waals surface area contributed by atoms with Crippen molar-refractivity contribution in [2.75, 3.05) is 26.7 Å². The van der Waals surface area contributed by atoms with Crippen LogP contribution in [0.4, 0.5) is 0 Å². The average Bonchev–Trinajstić information content (AvgIpc) is 2.77. The van der Waals surface area contributed by atoms with Crippen LogP contribution in [-0.4, -0.2) is 45.4 Å². The topological polar surface area (TPSA) is 73.8 Å². The van der Waals surface area contributed by atoms with Crippen molar-refractivity contribution in [1.29, 1.82) is 0 Å². The molecule has 6 nitrogen and oxygen atoms in total. The number of hydrogen-bond donors (Lipinski definition) is 2. The molecule has 170 valence electrons. The number of halogens is 1. The van der Waals surface area contributed by atoms with Crippen molar-refractivity contribution < 1.29 is 8.42 Å². The molecule has 1 atom stereocenters. The first-order valence-electron chi connectivity index (χ1n) is 10.6. The molecule has 1 aliphatic heterocycles. The summed E-state index contributed by atoms with van der Waals surface area (Å²) in [4.78, 5) is 4.62. The van der Waals surface area contributed by atoms with Crippen molar-refractivity contribution in [2.45, 2.75) is 37.6 Å². The van der Waals surface area contributed by atoms with Crippen molar-refractivity contribution >= 4 is 40.0 Å². The van der Waals surface area contributed by atoms with Crippen molar-refractivity contribution in [1.82, 2.24) is 14.9 Å². The van der Waals surface area contributed by atoms with Gasteiger partial charge in [0.1, 0.15) is 0 Å². The van der Waals surface area contributed by atoms with E-state index in [0.29, 0.717) is 30.4 Å². The van der Waals surface area contributed by atoms with E-state index in [1.807, 2.05) is 30.3 Å². The summed E-state index contributed by atoms with van der Waals surface area (Å²) in [6.45, 7) is 4.69. The number of benzene rings is 2. The molecule has 0 saturated carbocycles. The summed E-state index contributed by atoms with van der Waals surface area (Å²) < 4.78 is 27.4. The van der Waals surface area contributed by atoms with Gasteiger partial charge in [0.05, 0.1) is 4.90 Å². The molecule has 8 heteroatoms. The minimum Gasteiger partial charge on any atom is -0.356 e. The number of aliphatic imine (C=N–C) groups is 1. The Labute approximate surface area is 203 Å². The molecule has 2 N–H and O–H groups in total. The second-order valence-corrected chi connectivity index (χ2v) is 9.78. The molecule has 1 fully saturated rings. The fraction of sp³-hybridized carbons (Fsp3) is 0.435. The Morgan fingerprint density at radius 3 is 2.42 bits per heavy atom. The number of guanidine groups is 1. The summed E-state index contributed by atoms with van der Waals surface area (Å²) in [6.07, 6.45) is 2.94. The zero-order valence-corrected chi connectivity index (χ0v) is 21.4. The van der Waals surface area contributed by atoms with Gasteiger partial charge in [0, 0.05) is 33.2 Å². The standard InChI is InChI=1S/C23H32N4O2S.HI/c1-19-7-6-16-27(18-19)30(28,29)22-12-10-21(11-13-22)17-26-23(24-2)25-15-14-20-8-4-3-5-9-20;/h3-5,8-13,19H,6-7,14-18H2,1-2H3,(H2,24,25,26);1H. The lowest BCUT2D eigenvalue weighted by atomic mass is 10.0. The highest BCUT2D eigenvalue weighted by Crippen LogP contribution is 2.23. The van der Waals surface area contributed by atoms with Gasteiger partial charge in [-0.3, -0.25) is 4.99 Å². The quantitative estimate of drug-likeness (QED) is 0.311. The van der Waals surface area contributed by atoms with E-state index in [4.69, 9.17) is 0 Å². The third-order valence-electron chi connectivity index (χ3n) is 5.41. The number of nitrogens with zero attached hydrogens (tertiary/aromatic N) is 2. The van der Waals surface area contributed by atoms with E-state index in [-0.39, 0.29) is 24.0 Å². The fourth-order valence-electron chi connectivity index (χ4n) is 3.67. The molecule has 2 aromatic carbocycles. The Hall–Kier alpha value is -1.65. The number of piperidine rings is 1. The van der Waals surface area contributed by atoms with Gasteiger partial charge >= 0.3 is 0 Å². The molecule has 3 rings (SSSR count). The van der Waals surface area contributed by atoms with Crippen LogP contribution in [0.25, 0.3) is 0 Å². The monoisotopic (exact) mass is 556 g/mol. The molecule has 0 radical (unpaired) electrons. The summed E-state index contributed by atoms with van der Waals surface area (Å²) in [5, 5.41) is 6.59. The first-order valence-corrected chi connectivity index (χ1v) is 12.0. The Morgan fingerprint density at radius 2 is 1.77 bits per heavy atom. The number of hydrogen-bond acceptors (Lipinski definition) is 3. The van der Waals surface area contributed by atoms with Gasteiger partial charge in [-0.1, -0.05) is 49.4 Å². The summed E-state index contributed by atoms with van der Waals surface area (Å²) in [5.74, 6) is 1.14. The lowest BCUT2D eigenvalue weighted by Crippen LogP contribution is -2.39. The van der Waals surface area contributed by atoms with Gasteiger partial charge in [-0.05, 0) is 48.4 Å². The van der Waals surface area contributed by atoms with E-state index in [1.165, 1.54) is 5.56 Å². The molecule has 1 aliphatic rings. The molecule has 0 aromatic heterocycles. The van der Waals surface area contributed by atoms with Crippen LogP contribution in [0.1, 0.15) is 30.9 Å². The molecule has 1 saturated heterocycles. The molecular formula is C23H33IN4O2S. The first kappa shape index (κ1) is 25.6. The Kier molecular flexibility index (Phi) is 10.2. The van der Waals surface area contributed by atoms with Crippen LogP contribution in [0, 0.1) is 5.92 Å². The van der Waals surface area contributed by atoms with Crippen LogP contribution in [0.2, 0.25) is 0 Å². The number of nitrogens with one attached hydrogen (secondary N) is 2. The van der Waals surface area contributed by atoms with Gasteiger partial charge in [-0.2, -0.15) is 4.31 Å². The summed E-state index contributed by atoms with van der Waals surface area (Å²) >= 11 is 0. The minimum absolute atomic E-state index is 0. The largest absolute Gasteiger partial charge is 0.356 e. The van der Waals surface area contributed by atoms with E-state index in [2.05, 4.69) is 34.7 Å². The number of sulfonamides is 1. The van der Waals surface area contributed by atoms with Gasteiger partial charge in [0.25, 0.3) is 0 Å². The van der Waals surface area contributed by atoms with Crippen molar-refractivity contribution in [3.05, 3.63) is 65.7 Å². The summed E-state index contributed by atoms with van der Waals surface area (Å²) in [5.41, 5.74) is 2.28. The molecule has 0 bridgehead atoms. The van der Waals surface area contributed by atoms with E-state index in [0.717, 1.165) is 37.3 Å². The first-order chi connectivity index (χ1) is 14.5. The minimum atomic E-state index is -3.41. The lowest BCUT2D eigenvalue weighted by molar-refractivity contribution is 0.281. The van der Waals surface area contributed by atoms with E-state index in [1.54, 1.807) is 23.5 Å². The Morgan fingerprint density at radius 1 is 1.06 bits per heavy atom. The van der Waals surface area contributed by atoms with Crippen molar-refractivity contribution in [2.24, 2.45) is 10.9 Å². The van der Waals surface area contributed by atoms with Crippen LogP contribution in [0.15, 0.2) is 64.5 Å². The van der Waals surface area contributed by atoms with Gasteiger partial charge in [-0.15, -0.1) is 24.0 Å². The molecule has 1 unspecified atom stereocenters. The highest BCUT2D eigenvalue weighted by Gasteiger charge is 2.28.